The first-order valence-corrected chi connectivity index (χ1v) is 7.88. The number of hydrogen-bond donors (Lipinski definition) is 2. The maximum Gasteiger partial charge on any atom is 0.352 e. The molecule has 0 amide bonds. The standard InChI is InChI=1S/C18H11Cl2NO4/c19-11-6-14(20)12-8-16(18(24)25)21(15(12)7-11)9-13(17(22)23)10-4-2-1-3-5-10/h1-9H,(H,22,23)(H,24,25)/b13-9+. The molecule has 0 unspecified atom stereocenters. The molecule has 3 rings (SSSR count). The van der Waals surface area contributed by atoms with Crippen molar-refractivity contribution in [3.63, 3.8) is 0 Å². The molecule has 0 radical (unpaired) electrons. The Morgan fingerprint density at radius 1 is 1.00 bits per heavy atom. The second-order valence-electron chi connectivity index (χ2n) is 5.24. The number of nitrogens with zero attached hydrogens (tertiary/aromatic N) is 1. The zero-order chi connectivity index (χ0) is 18.1. The molecule has 0 aliphatic rings. The van der Waals surface area contributed by atoms with E-state index in [0.29, 0.717) is 21.5 Å². The molecule has 2 N–H and O–H groups in total. The first-order chi connectivity index (χ1) is 11.9. The van der Waals surface area contributed by atoms with Crippen LogP contribution in [0.3, 0.4) is 0 Å². The van der Waals surface area contributed by atoms with Crippen molar-refractivity contribution < 1.29 is 19.8 Å². The largest absolute Gasteiger partial charge is 0.478 e. The number of rotatable bonds is 4. The maximum atomic E-state index is 11.7. The van der Waals surface area contributed by atoms with Gasteiger partial charge in [0, 0.05) is 16.6 Å². The fourth-order valence-electron chi connectivity index (χ4n) is 2.55. The molecule has 7 heteroatoms. The van der Waals surface area contributed by atoms with E-state index in [9.17, 15) is 19.8 Å². The minimum Gasteiger partial charge on any atom is -0.478 e. The molecule has 1 heterocycles. The smallest absolute Gasteiger partial charge is 0.352 e. The minimum atomic E-state index is -1.21. The highest BCUT2D eigenvalue weighted by Gasteiger charge is 2.18. The summed E-state index contributed by atoms with van der Waals surface area (Å²) in [6.07, 6.45) is 1.26. The summed E-state index contributed by atoms with van der Waals surface area (Å²) >= 11 is 12.2. The molecular formula is C18H11Cl2NO4. The molecule has 0 spiro atoms. The van der Waals surface area contributed by atoms with Crippen LogP contribution in [0.4, 0.5) is 0 Å². The molecule has 0 bridgehead atoms. The Morgan fingerprint density at radius 2 is 1.68 bits per heavy atom. The van der Waals surface area contributed by atoms with Crippen molar-refractivity contribution in [2.45, 2.75) is 0 Å². The lowest BCUT2D eigenvalue weighted by Crippen LogP contribution is -2.07. The molecule has 0 saturated carbocycles. The average Bonchev–Trinajstić information content (AvgIpc) is 2.92. The molecule has 0 aliphatic heterocycles. The van der Waals surface area contributed by atoms with Crippen molar-refractivity contribution in [1.29, 1.82) is 0 Å². The Kier molecular flexibility index (Phi) is 4.53. The summed E-state index contributed by atoms with van der Waals surface area (Å²) in [7, 11) is 0. The maximum absolute atomic E-state index is 11.7. The van der Waals surface area contributed by atoms with E-state index < -0.39 is 11.9 Å². The molecule has 126 valence electrons. The van der Waals surface area contributed by atoms with Gasteiger partial charge < -0.3 is 14.8 Å². The first kappa shape index (κ1) is 17.1. The van der Waals surface area contributed by atoms with Crippen LogP contribution in [0.15, 0.2) is 48.5 Å². The number of aromatic carboxylic acids is 1. The van der Waals surface area contributed by atoms with Crippen molar-refractivity contribution in [2.24, 2.45) is 0 Å². The van der Waals surface area contributed by atoms with Crippen molar-refractivity contribution in [2.75, 3.05) is 0 Å². The van der Waals surface area contributed by atoms with Crippen LogP contribution < -0.4 is 0 Å². The number of halogens is 2. The third kappa shape index (κ3) is 3.24. The quantitative estimate of drug-likeness (QED) is 0.646. The Labute approximate surface area is 152 Å². The van der Waals surface area contributed by atoms with Crippen LogP contribution in [0.1, 0.15) is 16.1 Å². The number of hydrogen-bond acceptors (Lipinski definition) is 2. The predicted molar refractivity (Wildman–Crippen MR) is 97.2 cm³/mol. The Balaban J connectivity index is 2.34. The number of benzene rings is 2. The van der Waals surface area contributed by atoms with Crippen LogP contribution in [0.5, 0.6) is 0 Å². The van der Waals surface area contributed by atoms with Crippen LogP contribution in [0.25, 0.3) is 22.7 Å². The fourth-order valence-corrected chi connectivity index (χ4v) is 3.09. The van der Waals surface area contributed by atoms with Gasteiger partial charge >= 0.3 is 11.9 Å². The normalized spacial score (nSPS) is 11.7. The number of fused-ring (bicyclic) bond motifs is 1. The van der Waals surface area contributed by atoms with Gasteiger partial charge in [-0.2, -0.15) is 0 Å². The van der Waals surface area contributed by atoms with Gasteiger partial charge in [0.25, 0.3) is 0 Å². The van der Waals surface area contributed by atoms with Crippen molar-refractivity contribution in [3.8, 4) is 0 Å². The second-order valence-corrected chi connectivity index (χ2v) is 6.08. The summed E-state index contributed by atoms with van der Waals surface area (Å²) in [5, 5.41) is 20.1. The summed E-state index contributed by atoms with van der Waals surface area (Å²) in [5.41, 5.74) is 0.677. The highest BCUT2D eigenvalue weighted by Crippen LogP contribution is 2.32. The number of aliphatic carboxylic acids is 1. The number of carboxylic acids is 2. The SMILES string of the molecule is O=C(O)/C(=C/n1c(C(=O)O)cc2c(Cl)cc(Cl)cc21)c1ccccc1. The van der Waals surface area contributed by atoms with Crippen LogP contribution in [0, 0.1) is 0 Å². The third-order valence-corrected chi connectivity index (χ3v) is 4.20. The monoisotopic (exact) mass is 375 g/mol. The van der Waals surface area contributed by atoms with Gasteiger partial charge in [-0.25, -0.2) is 9.59 Å². The lowest BCUT2D eigenvalue weighted by atomic mass is 10.1. The van der Waals surface area contributed by atoms with Gasteiger partial charge in [-0.1, -0.05) is 53.5 Å². The Hall–Kier alpha value is -2.76. The van der Waals surface area contributed by atoms with Gasteiger partial charge in [0.05, 0.1) is 16.1 Å². The predicted octanol–water partition coefficient (Wildman–Crippen LogP) is 4.73. The summed E-state index contributed by atoms with van der Waals surface area (Å²) in [5.74, 6) is -2.39. The fraction of sp³-hybridized carbons (Fsp3) is 0. The summed E-state index contributed by atoms with van der Waals surface area (Å²) in [6.45, 7) is 0. The van der Waals surface area contributed by atoms with Crippen molar-refractivity contribution >= 4 is 57.8 Å². The van der Waals surface area contributed by atoms with Crippen LogP contribution in [-0.4, -0.2) is 26.7 Å². The molecule has 0 saturated heterocycles. The summed E-state index contributed by atoms with van der Waals surface area (Å²) in [4.78, 5) is 23.3. The van der Waals surface area contributed by atoms with E-state index in [-0.39, 0.29) is 16.3 Å². The molecule has 25 heavy (non-hydrogen) atoms. The molecular weight excluding hydrogens is 365 g/mol. The number of carbonyl (C=O) groups is 2. The lowest BCUT2D eigenvalue weighted by molar-refractivity contribution is -0.130. The average molecular weight is 376 g/mol. The lowest BCUT2D eigenvalue weighted by Gasteiger charge is -2.07. The first-order valence-electron chi connectivity index (χ1n) is 7.12. The topological polar surface area (TPSA) is 79.5 Å². The van der Waals surface area contributed by atoms with Crippen LogP contribution >= 0.6 is 23.2 Å². The van der Waals surface area contributed by atoms with Gasteiger partial charge in [-0.15, -0.1) is 0 Å². The Morgan fingerprint density at radius 3 is 2.28 bits per heavy atom. The highest BCUT2D eigenvalue weighted by molar-refractivity contribution is 6.38. The van der Waals surface area contributed by atoms with E-state index in [4.69, 9.17) is 23.2 Å². The molecule has 1 aromatic heterocycles. The van der Waals surface area contributed by atoms with Crippen molar-refractivity contribution in [1.82, 2.24) is 4.57 Å². The van der Waals surface area contributed by atoms with E-state index in [2.05, 4.69) is 0 Å². The number of aromatic nitrogens is 1. The van der Waals surface area contributed by atoms with E-state index in [1.807, 2.05) is 0 Å². The molecule has 3 aromatic rings. The molecule has 0 aliphatic carbocycles. The molecule has 0 atom stereocenters. The van der Waals surface area contributed by atoms with E-state index >= 15 is 0 Å². The molecule has 0 fully saturated rings. The summed E-state index contributed by atoms with van der Waals surface area (Å²) < 4.78 is 1.27. The van der Waals surface area contributed by atoms with E-state index in [1.165, 1.54) is 29.0 Å². The van der Waals surface area contributed by atoms with E-state index in [1.54, 1.807) is 30.3 Å². The zero-order valence-corrected chi connectivity index (χ0v) is 14.1. The molecule has 2 aromatic carbocycles. The van der Waals surface area contributed by atoms with Crippen LogP contribution in [0.2, 0.25) is 10.0 Å². The number of carboxylic acid groups (broad SMARTS) is 2. The Bertz CT molecular complexity index is 1020. The highest BCUT2D eigenvalue weighted by atomic mass is 35.5. The summed E-state index contributed by atoms with van der Waals surface area (Å²) in [6, 6.07) is 12.8. The zero-order valence-electron chi connectivity index (χ0n) is 12.6. The van der Waals surface area contributed by atoms with Gasteiger partial charge in [0.1, 0.15) is 5.69 Å². The third-order valence-electron chi connectivity index (χ3n) is 3.67. The molecule has 5 nitrogen and oxygen atoms in total. The van der Waals surface area contributed by atoms with Gasteiger partial charge in [0.15, 0.2) is 0 Å². The minimum absolute atomic E-state index is 0.0586. The van der Waals surface area contributed by atoms with Gasteiger partial charge in [0.2, 0.25) is 0 Å². The van der Waals surface area contributed by atoms with Crippen molar-refractivity contribution in [3.05, 3.63) is 69.8 Å². The van der Waals surface area contributed by atoms with Crippen LogP contribution in [-0.2, 0) is 4.79 Å². The van der Waals surface area contributed by atoms with Gasteiger partial charge in [-0.05, 0) is 23.8 Å². The van der Waals surface area contributed by atoms with Gasteiger partial charge in [-0.3, -0.25) is 0 Å². The second kappa shape index (κ2) is 6.63. The van der Waals surface area contributed by atoms with E-state index in [0.717, 1.165) is 0 Å².